The molecule has 0 saturated heterocycles. The first-order valence-corrected chi connectivity index (χ1v) is 11.9. The van der Waals surface area contributed by atoms with Crippen LogP contribution >= 0.6 is 0 Å². The molecular weight excluding hydrogens is 398 g/mol. The Hall–Kier alpha value is -2.75. The zero-order valence-corrected chi connectivity index (χ0v) is 20.2. The number of fused-ring (bicyclic) bond motifs is 1. The Morgan fingerprint density at radius 2 is 1.81 bits per heavy atom. The van der Waals surface area contributed by atoms with Gasteiger partial charge in [0.25, 0.3) is 0 Å². The number of allylic oxidation sites excluding steroid dienone is 2. The molecule has 0 unspecified atom stereocenters. The molecule has 3 rings (SSSR count). The van der Waals surface area contributed by atoms with Crippen molar-refractivity contribution < 1.29 is 14.6 Å². The number of carbonyl (C=O) groups is 1. The summed E-state index contributed by atoms with van der Waals surface area (Å²) in [6.45, 7) is 12.6. The van der Waals surface area contributed by atoms with Crippen LogP contribution in [-0.2, 0) is 5.41 Å². The van der Waals surface area contributed by atoms with Crippen LogP contribution in [0.3, 0.4) is 0 Å². The summed E-state index contributed by atoms with van der Waals surface area (Å²) in [4.78, 5) is 13.5. The lowest BCUT2D eigenvalue weighted by molar-refractivity contribution is 0.0697. The standard InChI is InChI=1S/C28H37NO3/c1-6-8-9-10-17-32-26-19-24-23(20(3)15-16-28(24,4)5)18-25(26)29(7-2)22-13-11-21(12-14-22)27(30)31/h11-15,18-19H,6-10,16-17H2,1-5H3,(H,30,31). The molecule has 0 aliphatic heterocycles. The van der Waals surface area contributed by atoms with Crippen molar-refractivity contribution in [2.24, 2.45) is 0 Å². The van der Waals surface area contributed by atoms with E-state index < -0.39 is 5.97 Å². The number of rotatable bonds is 10. The van der Waals surface area contributed by atoms with E-state index in [2.05, 4.69) is 57.7 Å². The minimum Gasteiger partial charge on any atom is -0.491 e. The van der Waals surface area contributed by atoms with Crippen LogP contribution in [0.1, 0.15) is 88.2 Å². The van der Waals surface area contributed by atoms with Gasteiger partial charge >= 0.3 is 5.97 Å². The first kappa shape index (κ1) is 23.9. The molecule has 0 fully saturated rings. The first-order chi connectivity index (χ1) is 15.3. The summed E-state index contributed by atoms with van der Waals surface area (Å²) in [7, 11) is 0. The highest BCUT2D eigenvalue weighted by atomic mass is 16.5. The van der Waals surface area contributed by atoms with E-state index in [0.29, 0.717) is 12.2 Å². The highest BCUT2D eigenvalue weighted by molar-refractivity contribution is 5.88. The van der Waals surface area contributed by atoms with Crippen molar-refractivity contribution in [2.75, 3.05) is 18.1 Å². The van der Waals surface area contributed by atoms with Crippen molar-refractivity contribution in [1.29, 1.82) is 0 Å². The van der Waals surface area contributed by atoms with Crippen molar-refractivity contribution in [3.05, 3.63) is 59.2 Å². The van der Waals surface area contributed by atoms with Gasteiger partial charge in [-0.3, -0.25) is 0 Å². The molecule has 0 amide bonds. The second-order valence-electron chi connectivity index (χ2n) is 9.35. The van der Waals surface area contributed by atoms with E-state index in [9.17, 15) is 9.90 Å². The Labute approximate surface area is 192 Å². The molecule has 0 aromatic heterocycles. The molecule has 172 valence electrons. The van der Waals surface area contributed by atoms with E-state index in [4.69, 9.17) is 4.74 Å². The van der Waals surface area contributed by atoms with Gasteiger partial charge in [-0.1, -0.05) is 46.1 Å². The minimum atomic E-state index is -0.910. The summed E-state index contributed by atoms with van der Waals surface area (Å²) in [5, 5.41) is 9.26. The number of benzene rings is 2. The van der Waals surface area contributed by atoms with Crippen molar-refractivity contribution in [1.82, 2.24) is 0 Å². The van der Waals surface area contributed by atoms with Crippen LogP contribution in [0.4, 0.5) is 11.4 Å². The molecule has 0 spiro atoms. The van der Waals surface area contributed by atoms with Gasteiger partial charge in [0.1, 0.15) is 5.75 Å². The normalized spacial score (nSPS) is 14.5. The molecule has 0 bridgehead atoms. The summed E-state index contributed by atoms with van der Waals surface area (Å²) in [5.74, 6) is -0.000316. The molecule has 0 heterocycles. The van der Waals surface area contributed by atoms with Gasteiger partial charge < -0.3 is 14.7 Å². The predicted octanol–water partition coefficient (Wildman–Crippen LogP) is 7.59. The van der Waals surface area contributed by atoms with E-state index >= 15 is 0 Å². The molecule has 2 aromatic rings. The molecule has 1 N–H and O–H groups in total. The van der Waals surface area contributed by atoms with Gasteiger partial charge in [0, 0.05) is 12.2 Å². The van der Waals surface area contributed by atoms with E-state index in [1.807, 2.05) is 12.1 Å². The van der Waals surface area contributed by atoms with Gasteiger partial charge in [0.15, 0.2) is 0 Å². The van der Waals surface area contributed by atoms with Crippen molar-refractivity contribution >= 4 is 22.9 Å². The Bertz CT molecular complexity index is 973. The van der Waals surface area contributed by atoms with Crippen molar-refractivity contribution in [2.45, 2.75) is 72.1 Å². The summed E-state index contributed by atoms with van der Waals surface area (Å²) < 4.78 is 6.39. The predicted molar refractivity (Wildman–Crippen MR) is 133 cm³/mol. The minimum absolute atomic E-state index is 0.0634. The number of hydrogen-bond donors (Lipinski definition) is 1. The second kappa shape index (κ2) is 10.2. The molecule has 1 aliphatic rings. The molecular formula is C28H37NO3. The third-order valence-electron chi connectivity index (χ3n) is 6.46. The molecule has 4 nitrogen and oxygen atoms in total. The molecule has 0 atom stereocenters. The van der Waals surface area contributed by atoms with Crippen LogP contribution in [0.2, 0.25) is 0 Å². The quantitative estimate of drug-likeness (QED) is 0.391. The van der Waals surface area contributed by atoms with Gasteiger partial charge in [-0.15, -0.1) is 0 Å². The fourth-order valence-corrected chi connectivity index (χ4v) is 4.40. The van der Waals surface area contributed by atoms with Crippen LogP contribution in [0, 0.1) is 0 Å². The fraction of sp³-hybridized carbons (Fsp3) is 0.464. The number of aromatic carboxylic acids is 1. The van der Waals surface area contributed by atoms with Gasteiger partial charge in [-0.2, -0.15) is 0 Å². The first-order valence-electron chi connectivity index (χ1n) is 11.9. The number of unbranched alkanes of at least 4 members (excludes halogenated alkanes) is 3. The van der Waals surface area contributed by atoms with Gasteiger partial charge in [0.2, 0.25) is 0 Å². The van der Waals surface area contributed by atoms with E-state index in [1.165, 1.54) is 36.0 Å². The maximum Gasteiger partial charge on any atom is 0.335 e. The Kier molecular flexibility index (Phi) is 7.65. The lowest BCUT2D eigenvalue weighted by Crippen LogP contribution is -2.23. The van der Waals surface area contributed by atoms with Crippen LogP contribution in [0.5, 0.6) is 5.75 Å². The molecule has 4 heteroatoms. The average Bonchev–Trinajstić information content (AvgIpc) is 2.77. The third-order valence-corrected chi connectivity index (χ3v) is 6.46. The lowest BCUT2D eigenvalue weighted by Gasteiger charge is -2.34. The molecule has 1 aliphatic carbocycles. The molecule has 0 saturated carbocycles. The SMILES string of the molecule is CCCCCCOc1cc2c(cc1N(CC)c1ccc(C(=O)O)cc1)C(C)=CCC2(C)C. The fourth-order valence-electron chi connectivity index (χ4n) is 4.40. The molecule has 0 radical (unpaired) electrons. The number of nitrogens with zero attached hydrogens (tertiary/aromatic N) is 1. The summed E-state index contributed by atoms with van der Waals surface area (Å²) in [5.41, 5.74) is 6.27. The third kappa shape index (κ3) is 5.17. The topological polar surface area (TPSA) is 49.8 Å². The van der Waals surface area contributed by atoms with Gasteiger partial charge in [-0.25, -0.2) is 4.79 Å². The summed E-state index contributed by atoms with van der Waals surface area (Å²) in [6, 6.07) is 11.6. The largest absolute Gasteiger partial charge is 0.491 e. The number of anilines is 2. The van der Waals surface area contributed by atoms with Crippen LogP contribution in [-0.4, -0.2) is 24.2 Å². The average molecular weight is 436 g/mol. The smallest absolute Gasteiger partial charge is 0.335 e. The zero-order chi connectivity index (χ0) is 23.3. The summed E-state index contributed by atoms with van der Waals surface area (Å²) in [6.07, 6.45) is 8.02. The maximum absolute atomic E-state index is 11.3. The maximum atomic E-state index is 11.3. The Morgan fingerprint density at radius 3 is 2.44 bits per heavy atom. The second-order valence-corrected chi connectivity index (χ2v) is 9.35. The van der Waals surface area contributed by atoms with Crippen molar-refractivity contribution in [3.63, 3.8) is 0 Å². The summed E-state index contributed by atoms with van der Waals surface area (Å²) >= 11 is 0. The number of carboxylic acid groups (broad SMARTS) is 1. The number of ether oxygens (including phenoxy) is 1. The van der Waals surface area contributed by atoms with Crippen molar-refractivity contribution in [3.8, 4) is 5.75 Å². The monoisotopic (exact) mass is 435 g/mol. The van der Waals surface area contributed by atoms with E-state index in [-0.39, 0.29) is 5.41 Å². The van der Waals surface area contributed by atoms with Crippen LogP contribution in [0.25, 0.3) is 5.57 Å². The molecule has 2 aromatic carbocycles. The number of carboxylic acids is 1. The van der Waals surface area contributed by atoms with Crippen LogP contribution in [0.15, 0.2) is 42.5 Å². The van der Waals surface area contributed by atoms with E-state index in [0.717, 1.165) is 36.5 Å². The lowest BCUT2D eigenvalue weighted by atomic mass is 9.73. The van der Waals surface area contributed by atoms with Gasteiger partial charge in [-0.05, 0) is 85.2 Å². The zero-order valence-electron chi connectivity index (χ0n) is 20.2. The highest BCUT2D eigenvalue weighted by Gasteiger charge is 2.29. The van der Waals surface area contributed by atoms with E-state index in [1.54, 1.807) is 12.1 Å². The number of hydrogen-bond acceptors (Lipinski definition) is 3. The van der Waals surface area contributed by atoms with Crippen LogP contribution < -0.4 is 9.64 Å². The Balaban J connectivity index is 2.03. The Morgan fingerprint density at radius 1 is 1.09 bits per heavy atom. The molecule has 32 heavy (non-hydrogen) atoms. The highest BCUT2D eigenvalue weighted by Crippen LogP contribution is 2.45. The van der Waals surface area contributed by atoms with Gasteiger partial charge in [0.05, 0.1) is 17.9 Å².